The Bertz CT molecular complexity index is 633. The van der Waals surface area contributed by atoms with E-state index in [1.54, 1.807) is 44.4 Å². The van der Waals surface area contributed by atoms with Crippen LogP contribution in [0.4, 0.5) is 0 Å². The maximum atomic E-state index is 13.2. The summed E-state index contributed by atoms with van der Waals surface area (Å²) >= 11 is 1.20. The lowest BCUT2D eigenvalue weighted by Crippen LogP contribution is -2.54. The van der Waals surface area contributed by atoms with Crippen molar-refractivity contribution < 1.29 is 23.0 Å². The molecule has 0 bridgehead atoms. The van der Waals surface area contributed by atoms with Gasteiger partial charge in [-0.25, -0.2) is 8.42 Å². The van der Waals surface area contributed by atoms with Crippen LogP contribution in [0.1, 0.15) is 25.8 Å². The number of aryl methyl sites for hydroxylation is 1. The van der Waals surface area contributed by atoms with E-state index in [4.69, 9.17) is 9.47 Å². The minimum Gasteiger partial charge on any atom is -0.393 e. The fourth-order valence-electron chi connectivity index (χ4n) is 3.08. The third-order valence-electron chi connectivity index (χ3n) is 4.37. The van der Waals surface area contributed by atoms with Crippen LogP contribution in [0.25, 0.3) is 0 Å². The summed E-state index contributed by atoms with van der Waals surface area (Å²) in [6.45, 7) is 6.20. The molecule has 2 rings (SSSR count). The Hall–Kier alpha value is -0.600. The van der Waals surface area contributed by atoms with Crippen molar-refractivity contribution in [3.63, 3.8) is 0 Å². The van der Waals surface area contributed by atoms with E-state index in [0.717, 1.165) is 12.0 Å². The first-order valence-corrected chi connectivity index (χ1v) is 10.8. The minimum absolute atomic E-state index is 0.248. The van der Waals surface area contributed by atoms with E-state index in [0.29, 0.717) is 13.2 Å². The molecular weight excluding hydrogens is 348 g/mol. The number of hydrogen-bond donors (Lipinski definition) is 1. The second-order valence-electron chi connectivity index (χ2n) is 6.29. The van der Waals surface area contributed by atoms with Crippen LogP contribution in [0, 0.1) is 12.8 Å². The van der Waals surface area contributed by atoms with Crippen molar-refractivity contribution in [1.82, 2.24) is 0 Å². The second kappa shape index (κ2) is 7.74. The van der Waals surface area contributed by atoms with Crippen molar-refractivity contribution in [3.05, 3.63) is 29.8 Å². The molecule has 0 saturated carbocycles. The smallest absolute Gasteiger partial charge is 0.191 e. The summed E-state index contributed by atoms with van der Waals surface area (Å²) in [6.07, 6.45) is 1.60. The third-order valence-corrected chi connectivity index (χ3v) is 8.30. The molecule has 0 spiro atoms. The summed E-state index contributed by atoms with van der Waals surface area (Å²) in [5.74, 6) is -1.84. The summed E-state index contributed by atoms with van der Waals surface area (Å²) in [6, 6.07) is 6.77. The first kappa shape index (κ1) is 19.7. The first-order chi connectivity index (χ1) is 11.2. The van der Waals surface area contributed by atoms with Crippen LogP contribution in [0.5, 0.6) is 0 Å². The fourth-order valence-corrected chi connectivity index (χ4v) is 6.84. The molecule has 0 amide bonds. The Labute approximate surface area is 148 Å². The van der Waals surface area contributed by atoms with Crippen LogP contribution < -0.4 is 0 Å². The fraction of sp³-hybridized carbons (Fsp3) is 0.647. The molecule has 1 N–H and O–H groups in total. The molecular formula is C17H26O5S2. The highest BCUT2D eigenvalue weighted by Gasteiger charge is 2.50. The lowest BCUT2D eigenvalue weighted by atomic mass is 9.95. The standard InChI is InChI=1S/C17H26O5S2/c1-12-6-8-14(9-7-12)24(19,20)16(23-4)15(13(2)18)17(3)21-10-5-11-22-17/h6-9,13,15-16,18H,5,10-11H2,1-4H3/t13-,15-,16?/m0/s1. The molecule has 5 nitrogen and oxygen atoms in total. The molecule has 1 aliphatic rings. The molecule has 0 aromatic heterocycles. The van der Waals surface area contributed by atoms with Gasteiger partial charge in [0.1, 0.15) is 4.58 Å². The lowest BCUT2D eigenvalue weighted by molar-refractivity contribution is -0.291. The van der Waals surface area contributed by atoms with Gasteiger partial charge < -0.3 is 14.6 Å². The van der Waals surface area contributed by atoms with E-state index < -0.39 is 32.2 Å². The van der Waals surface area contributed by atoms with E-state index in [1.165, 1.54) is 11.8 Å². The quantitative estimate of drug-likeness (QED) is 0.825. The molecule has 24 heavy (non-hydrogen) atoms. The first-order valence-electron chi connectivity index (χ1n) is 8.01. The molecule has 0 radical (unpaired) electrons. The molecule has 1 aromatic carbocycles. The molecule has 1 heterocycles. The van der Waals surface area contributed by atoms with Gasteiger partial charge >= 0.3 is 0 Å². The van der Waals surface area contributed by atoms with Crippen molar-refractivity contribution in [2.75, 3.05) is 19.5 Å². The lowest BCUT2D eigenvalue weighted by Gasteiger charge is -2.44. The van der Waals surface area contributed by atoms with Gasteiger partial charge in [-0.1, -0.05) is 17.7 Å². The Morgan fingerprint density at radius 3 is 2.21 bits per heavy atom. The van der Waals surface area contributed by atoms with E-state index in [9.17, 15) is 13.5 Å². The number of hydrogen-bond acceptors (Lipinski definition) is 6. The van der Waals surface area contributed by atoms with Gasteiger partial charge in [-0.05, 0) is 45.6 Å². The van der Waals surface area contributed by atoms with Gasteiger partial charge in [-0.3, -0.25) is 0 Å². The number of rotatable bonds is 6. The van der Waals surface area contributed by atoms with Gasteiger partial charge in [0, 0.05) is 0 Å². The van der Waals surface area contributed by atoms with Crippen LogP contribution in [0.15, 0.2) is 29.2 Å². The van der Waals surface area contributed by atoms with Gasteiger partial charge in [0.2, 0.25) is 0 Å². The second-order valence-corrected chi connectivity index (χ2v) is 9.64. The SMILES string of the molecule is CSC([C@H]([C@H](C)O)C1(C)OCCCO1)S(=O)(=O)c1ccc(C)cc1. The summed E-state index contributed by atoms with van der Waals surface area (Å²) in [4.78, 5) is 0.248. The highest BCUT2D eigenvalue weighted by Crippen LogP contribution is 2.40. The summed E-state index contributed by atoms with van der Waals surface area (Å²) < 4.78 is 37.0. The summed E-state index contributed by atoms with van der Waals surface area (Å²) in [5, 5.41) is 10.3. The molecule has 0 aliphatic carbocycles. The largest absolute Gasteiger partial charge is 0.393 e. The molecule has 1 fully saturated rings. The molecule has 1 aliphatic heterocycles. The molecule has 1 saturated heterocycles. The average molecular weight is 375 g/mol. The van der Waals surface area contributed by atoms with Gasteiger partial charge in [0.15, 0.2) is 15.6 Å². The van der Waals surface area contributed by atoms with Crippen molar-refractivity contribution in [2.45, 2.75) is 48.6 Å². The zero-order chi connectivity index (χ0) is 18.0. The highest BCUT2D eigenvalue weighted by molar-refractivity contribution is 8.13. The summed E-state index contributed by atoms with van der Waals surface area (Å²) in [5.41, 5.74) is 0.993. The maximum absolute atomic E-state index is 13.2. The normalized spacial score (nSPS) is 21.9. The van der Waals surface area contributed by atoms with Gasteiger partial charge in [0.05, 0.1) is 30.1 Å². The van der Waals surface area contributed by atoms with Gasteiger partial charge in [0.25, 0.3) is 0 Å². The van der Waals surface area contributed by atoms with Crippen LogP contribution in [0.3, 0.4) is 0 Å². The number of aliphatic hydroxyl groups excluding tert-OH is 1. The van der Waals surface area contributed by atoms with Crippen LogP contribution in [0.2, 0.25) is 0 Å². The van der Waals surface area contributed by atoms with E-state index in [1.807, 2.05) is 6.92 Å². The molecule has 1 unspecified atom stereocenters. The topological polar surface area (TPSA) is 72.8 Å². The van der Waals surface area contributed by atoms with Crippen LogP contribution in [-0.2, 0) is 19.3 Å². The van der Waals surface area contributed by atoms with Gasteiger partial charge in [-0.2, -0.15) is 0 Å². The Balaban J connectivity index is 2.43. The number of benzene rings is 1. The third kappa shape index (κ3) is 3.96. The van der Waals surface area contributed by atoms with Crippen LogP contribution >= 0.6 is 11.8 Å². The molecule has 1 aromatic rings. The number of sulfone groups is 1. The molecule has 7 heteroatoms. The van der Waals surface area contributed by atoms with E-state index in [-0.39, 0.29) is 4.90 Å². The number of ether oxygens (including phenoxy) is 2. The number of thioether (sulfide) groups is 1. The Morgan fingerprint density at radius 2 is 1.75 bits per heavy atom. The zero-order valence-corrected chi connectivity index (χ0v) is 16.2. The van der Waals surface area contributed by atoms with Crippen LogP contribution in [-0.4, -0.2) is 49.5 Å². The minimum atomic E-state index is -3.66. The predicted octanol–water partition coefficient (Wildman–Crippen LogP) is 2.61. The van der Waals surface area contributed by atoms with Crippen molar-refractivity contribution in [2.24, 2.45) is 5.92 Å². The Kier molecular flexibility index (Phi) is 6.36. The van der Waals surface area contributed by atoms with Gasteiger partial charge in [-0.15, -0.1) is 11.8 Å². The summed E-state index contributed by atoms with van der Waals surface area (Å²) in [7, 11) is -3.66. The predicted molar refractivity (Wildman–Crippen MR) is 95.8 cm³/mol. The Morgan fingerprint density at radius 1 is 1.21 bits per heavy atom. The van der Waals surface area contributed by atoms with E-state index in [2.05, 4.69) is 0 Å². The van der Waals surface area contributed by atoms with Crippen molar-refractivity contribution in [1.29, 1.82) is 0 Å². The number of aliphatic hydroxyl groups is 1. The maximum Gasteiger partial charge on any atom is 0.191 e. The monoisotopic (exact) mass is 374 g/mol. The molecule has 3 atom stereocenters. The van der Waals surface area contributed by atoms with E-state index >= 15 is 0 Å². The highest BCUT2D eigenvalue weighted by atomic mass is 32.3. The van der Waals surface area contributed by atoms with Crippen molar-refractivity contribution in [3.8, 4) is 0 Å². The zero-order valence-electron chi connectivity index (χ0n) is 14.6. The van der Waals surface area contributed by atoms with Crippen molar-refractivity contribution >= 4 is 21.6 Å². The average Bonchev–Trinajstić information content (AvgIpc) is 2.52. The molecule has 136 valence electrons.